The largest absolute Gasteiger partial charge is 0.457 e. The number of anilines is 2. The van der Waals surface area contributed by atoms with E-state index in [1.807, 2.05) is 5.32 Å². The van der Waals surface area contributed by atoms with Crippen molar-refractivity contribution in [1.29, 1.82) is 0 Å². The van der Waals surface area contributed by atoms with Crippen LogP contribution >= 0.6 is 27.7 Å². The van der Waals surface area contributed by atoms with Gasteiger partial charge in [-0.25, -0.2) is 17.7 Å². The molecule has 0 bridgehead atoms. The van der Waals surface area contributed by atoms with Crippen LogP contribution in [0.25, 0.3) is 0 Å². The molecule has 1 atom stereocenters. The Labute approximate surface area is 249 Å². The van der Waals surface area contributed by atoms with Crippen molar-refractivity contribution in [1.82, 2.24) is 4.98 Å². The molecule has 2 amide bonds. The number of carbonyl (C=O) groups is 2. The zero-order valence-corrected chi connectivity index (χ0v) is 22.9. The molecule has 2 aromatic carbocycles. The summed E-state index contributed by atoms with van der Waals surface area (Å²) in [7, 11) is 0. The maximum Gasteiger partial charge on any atom is 0.457 e. The Morgan fingerprint density at radius 3 is 1.93 bits per heavy atom. The zero-order chi connectivity index (χ0) is 33.6. The third kappa shape index (κ3) is 6.15. The molecule has 0 aliphatic carbocycles. The lowest BCUT2D eigenvalue weighted by Crippen LogP contribution is -2.59. The first kappa shape index (κ1) is 34.9. The van der Waals surface area contributed by atoms with Gasteiger partial charge in [-0.1, -0.05) is 23.7 Å². The van der Waals surface area contributed by atoms with Crippen molar-refractivity contribution in [2.75, 3.05) is 9.24 Å². The molecule has 44 heavy (non-hydrogen) atoms. The van der Waals surface area contributed by atoms with Crippen molar-refractivity contribution in [3.05, 3.63) is 88.0 Å². The second kappa shape index (κ2) is 11.7. The molecule has 0 aliphatic rings. The van der Waals surface area contributed by atoms with Crippen LogP contribution in [-0.2, 0) is 11.8 Å². The minimum Gasteiger partial charge on any atom is -0.319 e. The second-order valence-electron chi connectivity index (χ2n) is 8.51. The molecule has 0 spiro atoms. The first-order chi connectivity index (χ1) is 20.0. The summed E-state index contributed by atoms with van der Waals surface area (Å²) in [6.07, 6.45) is -19.0. The number of hydrogen-bond acceptors (Lipinski definition) is 3. The molecule has 1 aromatic heterocycles. The molecule has 0 saturated heterocycles. The number of pyridine rings is 1. The molecular formula is C24H10BrClF13N3O2. The van der Waals surface area contributed by atoms with Crippen LogP contribution in [0.2, 0.25) is 5.15 Å². The minimum atomic E-state index is -7.28. The number of benzene rings is 2. The molecule has 3 rings (SSSR count). The average molecular weight is 735 g/mol. The Bertz CT molecular complexity index is 1590. The van der Waals surface area contributed by atoms with Crippen LogP contribution in [-0.4, -0.2) is 35.1 Å². The molecule has 1 N–H and O–H groups in total. The van der Waals surface area contributed by atoms with E-state index in [0.717, 1.165) is 12.1 Å². The molecule has 238 valence electrons. The lowest BCUT2D eigenvalue weighted by Gasteiger charge is -2.36. The van der Waals surface area contributed by atoms with E-state index in [4.69, 9.17) is 11.6 Å². The van der Waals surface area contributed by atoms with Gasteiger partial charge < -0.3 is 5.32 Å². The molecule has 1 unspecified atom stereocenters. The van der Waals surface area contributed by atoms with E-state index < -0.39 is 87.9 Å². The van der Waals surface area contributed by atoms with Crippen molar-refractivity contribution in [2.45, 2.75) is 30.1 Å². The molecule has 0 saturated carbocycles. The van der Waals surface area contributed by atoms with Gasteiger partial charge in [-0.05, 0) is 36.4 Å². The Kier molecular flexibility index (Phi) is 9.29. The zero-order valence-electron chi connectivity index (χ0n) is 20.6. The van der Waals surface area contributed by atoms with Gasteiger partial charge in [-0.2, -0.15) is 48.3 Å². The van der Waals surface area contributed by atoms with Crippen LogP contribution in [0.1, 0.15) is 31.8 Å². The predicted octanol–water partition coefficient (Wildman–Crippen LogP) is 9.03. The normalized spacial score (nSPS) is 14.2. The number of amides is 2. The minimum absolute atomic E-state index is 0.217. The Morgan fingerprint density at radius 2 is 1.41 bits per heavy atom. The van der Waals surface area contributed by atoms with Crippen molar-refractivity contribution >= 4 is 50.9 Å². The smallest absolute Gasteiger partial charge is 0.319 e. The van der Waals surface area contributed by atoms with Gasteiger partial charge in [0.2, 0.25) is 0 Å². The number of carbonyl (C=O) groups excluding carboxylic acids is 2. The SMILES string of the molecule is O=C(Nc1cccc(C(=O)N(Br)c2ccc(C(F)(C(F)(F)F)C(F)(F)C(F)(F)F)cc2C(F)(F)F)c1F)c1cccnc1Cl. The molecular weight excluding hydrogens is 725 g/mol. The number of nitrogens with zero attached hydrogens (tertiary/aromatic N) is 2. The summed E-state index contributed by atoms with van der Waals surface area (Å²) < 4.78 is 177. The lowest BCUT2D eigenvalue weighted by atomic mass is 9.86. The van der Waals surface area contributed by atoms with E-state index in [1.165, 1.54) is 18.3 Å². The molecule has 0 aliphatic heterocycles. The molecule has 0 radical (unpaired) electrons. The quantitative estimate of drug-likeness (QED) is 0.156. The molecule has 3 aromatic rings. The van der Waals surface area contributed by atoms with Gasteiger partial charge in [0.05, 0.1) is 44.2 Å². The van der Waals surface area contributed by atoms with Crippen LogP contribution in [0.3, 0.4) is 0 Å². The first-order valence-corrected chi connectivity index (χ1v) is 12.2. The number of alkyl halides is 12. The van der Waals surface area contributed by atoms with Crippen LogP contribution < -0.4 is 9.24 Å². The summed E-state index contributed by atoms with van der Waals surface area (Å²) in [5.41, 5.74) is -15.7. The summed E-state index contributed by atoms with van der Waals surface area (Å²) in [5.74, 6) is -11.6. The predicted molar refractivity (Wildman–Crippen MR) is 131 cm³/mol. The monoisotopic (exact) mass is 733 g/mol. The average Bonchev–Trinajstić information content (AvgIpc) is 2.91. The van der Waals surface area contributed by atoms with Gasteiger partial charge in [0, 0.05) is 11.8 Å². The Morgan fingerprint density at radius 1 is 0.818 bits per heavy atom. The third-order valence-electron chi connectivity index (χ3n) is 5.75. The van der Waals surface area contributed by atoms with Crippen LogP contribution in [0, 0.1) is 5.82 Å². The summed E-state index contributed by atoms with van der Waals surface area (Å²) >= 11 is 8.10. The second-order valence-corrected chi connectivity index (χ2v) is 9.57. The van der Waals surface area contributed by atoms with Crippen LogP contribution in [0.5, 0.6) is 0 Å². The highest BCUT2D eigenvalue weighted by Crippen LogP contribution is 2.59. The van der Waals surface area contributed by atoms with E-state index in [9.17, 15) is 62.3 Å². The highest BCUT2D eigenvalue weighted by molar-refractivity contribution is 9.10. The number of nitrogens with one attached hydrogen (secondary N) is 1. The fourth-order valence-corrected chi connectivity index (χ4v) is 4.33. The van der Waals surface area contributed by atoms with Crippen molar-refractivity contribution in [2.24, 2.45) is 0 Å². The van der Waals surface area contributed by atoms with E-state index in [1.54, 1.807) is 0 Å². The van der Waals surface area contributed by atoms with E-state index in [0.29, 0.717) is 6.07 Å². The van der Waals surface area contributed by atoms with Crippen LogP contribution in [0.15, 0.2) is 54.7 Å². The van der Waals surface area contributed by atoms with Gasteiger partial charge in [0.25, 0.3) is 11.8 Å². The number of halogens is 15. The van der Waals surface area contributed by atoms with E-state index >= 15 is 4.39 Å². The fraction of sp³-hybridized carbons (Fsp3) is 0.208. The van der Waals surface area contributed by atoms with Gasteiger partial charge in [-0.15, -0.1) is 0 Å². The highest BCUT2D eigenvalue weighted by atomic mass is 79.9. The topological polar surface area (TPSA) is 62.3 Å². The number of aromatic nitrogens is 1. The Hall–Kier alpha value is -3.61. The van der Waals surface area contributed by atoms with Crippen LogP contribution in [0.4, 0.5) is 68.5 Å². The molecule has 5 nitrogen and oxygen atoms in total. The number of hydrogen-bond donors (Lipinski definition) is 1. The van der Waals surface area contributed by atoms with Crippen molar-refractivity contribution in [3.63, 3.8) is 0 Å². The highest BCUT2D eigenvalue weighted by Gasteiger charge is 2.81. The first-order valence-electron chi connectivity index (χ1n) is 11.1. The van der Waals surface area contributed by atoms with E-state index in [-0.39, 0.29) is 20.7 Å². The summed E-state index contributed by atoms with van der Waals surface area (Å²) in [6, 6.07) is 3.29. The molecule has 0 fully saturated rings. The van der Waals surface area contributed by atoms with Crippen molar-refractivity contribution in [3.8, 4) is 0 Å². The van der Waals surface area contributed by atoms with E-state index in [2.05, 4.69) is 21.1 Å². The summed E-state index contributed by atoms with van der Waals surface area (Å²) in [6.45, 7) is 0. The van der Waals surface area contributed by atoms with Gasteiger partial charge in [-0.3, -0.25) is 9.59 Å². The van der Waals surface area contributed by atoms with Crippen molar-refractivity contribution < 1.29 is 66.7 Å². The van der Waals surface area contributed by atoms with Gasteiger partial charge >= 0.3 is 30.1 Å². The third-order valence-corrected chi connectivity index (χ3v) is 6.76. The lowest BCUT2D eigenvalue weighted by molar-refractivity contribution is -0.389. The van der Waals surface area contributed by atoms with Gasteiger partial charge in [0.15, 0.2) is 5.82 Å². The Balaban J connectivity index is 2.10. The molecule has 1 heterocycles. The number of rotatable bonds is 6. The summed E-state index contributed by atoms with van der Waals surface area (Å²) in [5, 5.41) is 1.71. The maximum absolute atomic E-state index is 15.2. The van der Waals surface area contributed by atoms with Gasteiger partial charge in [0.1, 0.15) is 5.15 Å². The standard InChI is InChI=1S/C24H10BrClF13N3O2/c25-42(19(44)11-3-1-5-14(16(11)27)41-18(43)12-4-2-8-40-17(12)26)15-7-6-10(9-13(15)21(29,30)31)20(28,23(34,35)36)22(32,33)24(37,38)39/h1-9H,(H,41,43). The molecule has 20 heteroatoms. The summed E-state index contributed by atoms with van der Waals surface area (Å²) in [4.78, 5) is 29.0. The maximum atomic E-state index is 15.2. The fourth-order valence-electron chi connectivity index (χ4n) is 3.62.